The highest BCUT2D eigenvalue weighted by Gasteiger charge is 2.38. The lowest BCUT2D eigenvalue weighted by molar-refractivity contribution is -0.0182. The number of aliphatic hydroxyl groups excluding tert-OH is 1. The Morgan fingerprint density at radius 2 is 1.71 bits per heavy atom. The first kappa shape index (κ1) is 23.7. The number of carbonyl (C=O) groups excluding carboxylic acids is 1. The molecule has 2 fully saturated rings. The van der Waals surface area contributed by atoms with E-state index in [-0.39, 0.29) is 24.7 Å². The number of hydrogen-bond donors (Lipinski definition) is 1. The van der Waals surface area contributed by atoms with Gasteiger partial charge >= 0.3 is 5.97 Å². The van der Waals surface area contributed by atoms with E-state index in [1.165, 1.54) is 37.7 Å². The van der Waals surface area contributed by atoms with Gasteiger partial charge in [-0.25, -0.2) is 9.48 Å². The fraction of sp³-hybridized carbons (Fsp3) is 0.464. The first-order valence-corrected chi connectivity index (χ1v) is 12.8. The Morgan fingerprint density at radius 1 is 1.00 bits per heavy atom. The zero-order chi connectivity index (χ0) is 24.0. The summed E-state index contributed by atoms with van der Waals surface area (Å²) in [4.78, 5) is 14.7. The van der Waals surface area contributed by atoms with Gasteiger partial charge in [-0.3, -0.25) is 4.90 Å². The highest BCUT2D eigenvalue weighted by atomic mass is 16.5. The second kappa shape index (κ2) is 11.1. The van der Waals surface area contributed by atoms with Crippen LogP contribution in [0.2, 0.25) is 0 Å². The van der Waals surface area contributed by atoms with E-state index >= 15 is 0 Å². The SMILES string of the molecule is O=C(OCc1cn(C2CC(c3ccccc3)N(CC3CCCCC3)CC2O)nn1)c1ccccc1. The van der Waals surface area contributed by atoms with E-state index in [4.69, 9.17) is 4.74 Å². The van der Waals surface area contributed by atoms with E-state index in [9.17, 15) is 9.90 Å². The van der Waals surface area contributed by atoms with E-state index in [1.54, 1.807) is 35.1 Å². The number of likely N-dealkylation sites (tertiary alicyclic amines) is 1. The van der Waals surface area contributed by atoms with Crippen molar-refractivity contribution in [2.75, 3.05) is 13.1 Å². The number of β-amino-alcohol motifs (C(OH)–C–C–N with tert-alkyl or cyclic N) is 1. The van der Waals surface area contributed by atoms with Crippen molar-refractivity contribution in [2.24, 2.45) is 5.92 Å². The molecule has 2 aliphatic rings. The van der Waals surface area contributed by atoms with Crippen LogP contribution in [0, 0.1) is 5.92 Å². The molecule has 1 N–H and O–H groups in total. The molecule has 7 heteroatoms. The number of nitrogens with zero attached hydrogens (tertiary/aromatic N) is 4. The number of benzene rings is 2. The lowest BCUT2D eigenvalue weighted by Gasteiger charge is -2.44. The Hall–Kier alpha value is -3.03. The number of aliphatic hydroxyl groups is 1. The molecule has 2 heterocycles. The molecule has 5 rings (SSSR count). The van der Waals surface area contributed by atoms with E-state index in [2.05, 4.69) is 39.5 Å². The fourth-order valence-electron chi connectivity index (χ4n) is 5.57. The predicted molar refractivity (Wildman–Crippen MR) is 133 cm³/mol. The van der Waals surface area contributed by atoms with Crippen LogP contribution in [0.5, 0.6) is 0 Å². The van der Waals surface area contributed by atoms with Crippen molar-refractivity contribution < 1.29 is 14.6 Å². The summed E-state index contributed by atoms with van der Waals surface area (Å²) in [6, 6.07) is 19.5. The van der Waals surface area contributed by atoms with Gasteiger partial charge in [0, 0.05) is 19.1 Å². The number of rotatable bonds is 7. The zero-order valence-electron chi connectivity index (χ0n) is 20.1. The van der Waals surface area contributed by atoms with Crippen molar-refractivity contribution in [3.05, 3.63) is 83.7 Å². The summed E-state index contributed by atoms with van der Waals surface area (Å²) in [5.74, 6) is 0.316. The summed E-state index contributed by atoms with van der Waals surface area (Å²) in [6.45, 7) is 1.69. The minimum atomic E-state index is -0.542. The summed E-state index contributed by atoms with van der Waals surface area (Å²) in [5.41, 5.74) is 2.35. The van der Waals surface area contributed by atoms with Gasteiger partial charge in [0.05, 0.1) is 23.9 Å². The number of ether oxygens (including phenoxy) is 1. The van der Waals surface area contributed by atoms with E-state index in [0.29, 0.717) is 23.7 Å². The van der Waals surface area contributed by atoms with Gasteiger partial charge in [-0.1, -0.05) is 73.0 Å². The summed E-state index contributed by atoms with van der Waals surface area (Å²) in [6.07, 6.45) is 8.55. The summed E-state index contributed by atoms with van der Waals surface area (Å²) >= 11 is 0. The number of esters is 1. The van der Waals surface area contributed by atoms with Crippen molar-refractivity contribution in [3.8, 4) is 0 Å². The standard InChI is InChI=1S/C28H34N4O3/c33-27-19-31(17-21-10-4-1-5-11-21)25(22-12-6-2-7-13-22)16-26(27)32-18-24(29-30-32)20-35-28(34)23-14-8-3-9-15-23/h2-3,6-9,12-15,18,21,25-27,33H,1,4-5,10-11,16-17,19-20H2. The van der Waals surface area contributed by atoms with Crippen LogP contribution in [0.15, 0.2) is 66.9 Å². The van der Waals surface area contributed by atoms with E-state index < -0.39 is 6.10 Å². The molecule has 0 spiro atoms. The van der Waals surface area contributed by atoms with Gasteiger partial charge in [0.2, 0.25) is 0 Å². The van der Waals surface area contributed by atoms with Crippen LogP contribution in [0.3, 0.4) is 0 Å². The fourth-order valence-corrected chi connectivity index (χ4v) is 5.57. The lowest BCUT2D eigenvalue weighted by atomic mass is 9.85. The molecule has 1 aromatic heterocycles. The zero-order valence-corrected chi connectivity index (χ0v) is 20.1. The summed E-state index contributed by atoms with van der Waals surface area (Å²) < 4.78 is 7.16. The Kier molecular flexibility index (Phi) is 7.54. The van der Waals surface area contributed by atoms with Crippen LogP contribution in [0.1, 0.15) is 72.2 Å². The van der Waals surface area contributed by atoms with Crippen molar-refractivity contribution in [2.45, 2.75) is 63.3 Å². The highest BCUT2D eigenvalue weighted by Crippen LogP contribution is 2.38. The van der Waals surface area contributed by atoms with Crippen molar-refractivity contribution in [1.82, 2.24) is 19.9 Å². The molecule has 0 amide bonds. The first-order chi connectivity index (χ1) is 17.2. The average Bonchev–Trinajstić information content (AvgIpc) is 3.38. The minimum Gasteiger partial charge on any atom is -0.455 e. The third-order valence-electron chi connectivity index (χ3n) is 7.43. The lowest BCUT2D eigenvalue weighted by Crippen LogP contribution is -2.48. The molecule has 0 bridgehead atoms. The molecule has 35 heavy (non-hydrogen) atoms. The van der Waals surface area contributed by atoms with Gasteiger partial charge in [-0.05, 0) is 42.9 Å². The van der Waals surface area contributed by atoms with Crippen LogP contribution < -0.4 is 0 Å². The van der Waals surface area contributed by atoms with Crippen LogP contribution >= 0.6 is 0 Å². The summed E-state index contributed by atoms with van der Waals surface area (Å²) in [7, 11) is 0. The van der Waals surface area contributed by atoms with Crippen molar-refractivity contribution in [3.63, 3.8) is 0 Å². The Bertz CT molecular complexity index is 1080. The molecule has 3 aromatic rings. The van der Waals surface area contributed by atoms with Crippen LogP contribution in [-0.4, -0.2) is 50.2 Å². The van der Waals surface area contributed by atoms with Gasteiger partial charge in [0.1, 0.15) is 12.3 Å². The topological polar surface area (TPSA) is 80.5 Å². The molecule has 1 saturated carbocycles. The molecule has 1 saturated heterocycles. The largest absolute Gasteiger partial charge is 0.455 e. The van der Waals surface area contributed by atoms with E-state index in [0.717, 1.165) is 13.0 Å². The quantitative estimate of drug-likeness (QED) is 0.506. The van der Waals surface area contributed by atoms with Crippen LogP contribution in [0.4, 0.5) is 0 Å². The molecule has 1 aliphatic carbocycles. The number of piperidine rings is 1. The number of aromatic nitrogens is 3. The van der Waals surface area contributed by atoms with Crippen LogP contribution in [0.25, 0.3) is 0 Å². The molecular formula is C28H34N4O3. The Morgan fingerprint density at radius 3 is 2.46 bits per heavy atom. The molecule has 184 valence electrons. The molecular weight excluding hydrogens is 440 g/mol. The maximum atomic E-state index is 12.3. The highest BCUT2D eigenvalue weighted by molar-refractivity contribution is 5.89. The van der Waals surface area contributed by atoms with Gasteiger partial charge < -0.3 is 9.84 Å². The number of carbonyl (C=O) groups is 1. The Balaban J connectivity index is 1.27. The third kappa shape index (κ3) is 5.80. The van der Waals surface area contributed by atoms with Gasteiger partial charge in [0.25, 0.3) is 0 Å². The summed E-state index contributed by atoms with van der Waals surface area (Å²) in [5, 5.41) is 19.7. The van der Waals surface area contributed by atoms with Gasteiger partial charge in [-0.15, -0.1) is 5.10 Å². The van der Waals surface area contributed by atoms with Gasteiger partial charge in [-0.2, -0.15) is 0 Å². The molecule has 3 atom stereocenters. The minimum absolute atomic E-state index is 0.0481. The predicted octanol–water partition coefficient (Wildman–Crippen LogP) is 4.56. The Labute approximate surface area is 206 Å². The smallest absolute Gasteiger partial charge is 0.338 e. The second-order valence-electron chi connectivity index (χ2n) is 9.89. The average molecular weight is 475 g/mol. The van der Waals surface area contributed by atoms with Crippen molar-refractivity contribution in [1.29, 1.82) is 0 Å². The number of hydrogen-bond acceptors (Lipinski definition) is 6. The third-order valence-corrected chi connectivity index (χ3v) is 7.43. The first-order valence-electron chi connectivity index (χ1n) is 12.8. The second-order valence-corrected chi connectivity index (χ2v) is 9.89. The van der Waals surface area contributed by atoms with Crippen LogP contribution in [-0.2, 0) is 11.3 Å². The monoisotopic (exact) mass is 474 g/mol. The van der Waals surface area contributed by atoms with Gasteiger partial charge in [0.15, 0.2) is 0 Å². The molecule has 7 nitrogen and oxygen atoms in total. The maximum Gasteiger partial charge on any atom is 0.338 e. The van der Waals surface area contributed by atoms with E-state index in [1.807, 2.05) is 12.1 Å². The maximum absolute atomic E-state index is 12.3. The molecule has 1 aliphatic heterocycles. The molecule has 0 radical (unpaired) electrons. The normalized spacial score (nSPS) is 23.7. The molecule has 2 aromatic carbocycles. The molecule has 3 unspecified atom stereocenters. The van der Waals surface area contributed by atoms with Crippen molar-refractivity contribution >= 4 is 5.97 Å².